The van der Waals surface area contributed by atoms with E-state index >= 15 is 0 Å². The first kappa shape index (κ1) is 33.7. The van der Waals surface area contributed by atoms with Gasteiger partial charge in [0.05, 0.1) is 10.7 Å². The average molecular weight is 582 g/mol. The molecule has 8 heteroatoms. The van der Waals surface area contributed by atoms with Crippen molar-refractivity contribution in [3.63, 3.8) is 0 Å². The zero-order valence-corrected chi connectivity index (χ0v) is 26.1. The molecule has 2 aromatic carbocycles. The Balaban J connectivity index is 2.62. The number of anilines is 1. The van der Waals surface area contributed by atoms with Crippen LogP contribution >= 0.6 is 11.6 Å². The second-order valence-electron chi connectivity index (χ2n) is 11.3. The molecule has 0 radical (unpaired) electrons. The lowest BCUT2D eigenvalue weighted by Gasteiger charge is -2.36. The molecule has 0 heterocycles. The second kappa shape index (κ2) is 15.5. The molecule has 0 aliphatic rings. The van der Waals surface area contributed by atoms with Crippen molar-refractivity contribution in [2.45, 2.75) is 91.8 Å². The van der Waals surface area contributed by atoms with Crippen molar-refractivity contribution in [2.75, 3.05) is 11.9 Å². The summed E-state index contributed by atoms with van der Waals surface area (Å²) in [5, 5.41) is 6.16. The quantitative estimate of drug-likeness (QED) is 0.204. The zero-order chi connectivity index (χ0) is 30.7. The number of para-hydroxylation sites is 1. The molecular formula is C33H44ClN3O4. The standard InChI is InChI=1S/C33H44ClN3O4/c1-9-12-13-21-37(31(39)28(22(4)10-2)36-32(40)41-33(6,7)8)29(25-19-17-24(11-3)18-20-25)30(38)35-27-23(5)15-14-16-26(27)34/h3,14-20,22,28-29H,9-10,12-13,21H2,1-2,4-8H3,(H,35,38)(H,36,40). The van der Waals surface area contributed by atoms with Gasteiger partial charge in [0.2, 0.25) is 5.91 Å². The van der Waals surface area contributed by atoms with Gasteiger partial charge in [-0.3, -0.25) is 9.59 Å². The van der Waals surface area contributed by atoms with Crippen LogP contribution in [0, 0.1) is 25.2 Å². The van der Waals surface area contributed by atoms with E-state index in [-0.39, 0.29) is 11.8 Å². The first-order valence-corrected chi connectivity index (χ1v) is 14.6. The number of nitrogens with zero attached hydrogens (tertiary/aromatic N) is 1. The topological polar surface area (TPSA) is 87.7 Å². The molecule has 0 bridgehead atoms. The summed E-state index contributed by atoms with van der Waals surface area (Å²) in [6, 6.07) is 10.5. The van der Waals surface area contributed by atoms with E-state index in [4.69, 9.17) is 22.8 Å². The van der Waals surface area contributed by atoms with E-state index < -0.39 is 29.7 Å². The molecule has 3 atom stereocenters. The lowest BCUT2D eigenvalue weighted by molar-refractivity contribution is -0.142. The smallest absolute Gasteiger partial charge is 0.408 e. The molecule has 0 saturated heterocycles. The molecule has 0 aliphatic heterocycles. The summed E-state index contributed by atoms with van der Waals surface area (Å²) < 4.78 is 5.48. The van der Waals surface area contributed by atoms with Crippen LogP contribution in [0.25, 0.3) is 0 Å². The first-order chi connectivity index (χ1) is 19.3. The molecule has 2 rings (SSSR count). The number of rotatable bonds is 12. The number of benzene rings is 2. The van der Waals surface area contributed by atoms with E-state index in [9.17, 15) is 14.4 Å². The molecule has 3 amide bonds. The van der Waals surface area contributed by atoms with Gasteiger partial charge in [-0.1, -0.05) is 81.8 Å². The molecule has 222 valence electrons. The Labute approximate surface area is 250 Å². The molecule has 0 spiro atoms. The van der Waals surface area contributed by atoms with Crippen LogP contribution in [0.15, 0.2) is 42.5 Å². The largest absolute Gasteiger partial charge is 0.444 e. The van der Waals surface area contributed by atoms with Crippen molar-refractivity contribution in [3.05, 3.63) is 64.2 Å². The summed E-state index contributed by atoms with van der Waals surface area (Å²) >= 11 is 6.45. The van der Waals surface area contributed by atoms with E-state index in [1.165, 1.54) is 0 Å². The maximum Gasteiger partial charge on any atom is 0.408 e. The highest BCUT2D eigenvalue weighted by Crippen LogP contribution is 2.30. The third kappa shape index (κ3) is 9.82. The van der Waals surface area contributed by atoms with Crippen LogP contribution in [0.2, 0.25) is 5.02 Å². The molecular weight excluding hydrogens is 538 g/mol. The fourth-order valence-corrected chi connectivity index (χ4v) is 4.68. The average Bonchev–Trinajstić information content (AvgIpc) is 2.91. The van der Waals surface area contributed by atoms with E-state index in [1.807, 2.05) is 32.9 Å². The van der Waals surface area contributed by atoms with Gasteiger partial charge < -0.3 is 20.3 Å². The molecule has 0 fully saturated rings. The Morgan fingerprint density at radius 2 is 1.73 bits per heavy atom. The number of unbranched alkanes of at least 4 members (excludes halogenated alkanes) is 2. The predicted octanol–water partition coefficient (Wildman–Crippen LogP) is 7.27. The fraction of sp³-hybridized carbons (Fsp3) is 0.485. The Bertz CT molecular complexity index is 1210. The minimum absolute atomic E-state index is 0.220. The van der Waals surface area contributed by atoms with E-state index in [1.54, 1.807) is 56.0 Å². The number of ether oxygens (including phenoxy) is 1. The summed E-state index contributed by atoms with van der Waals surface area (Å²) in [6.45, 7) is 13.4. The van der Waals surface area contributed by atoms with E-state index in [0.717, 1.165) is 18.4 Å². The molecule has 3 unspecified atom stereocenters. The number of halogens is 1. The van der Waals surface area contributed by atoms with Gasteiger partial charge in [-0.25, -0.2) is 4.79 Å². The number of hydrogen-bond donors (Lipinski definition) is 2. The van der Waals surface area contributed by atoms with Crippen molar-refractivity contribution >= 4 is 35.2 Å². The van der Waals surface area contributed by atoms with Crippen LogP contribution in [-0.2, 0) is 14.3 Å². The highest BCUT2D eigenvalue weighted by Gasteiger charge is 2.38. The van der Waals surface area contributed by atoms with Gasteiger partial charge >= 0.3 is 6.09 Å². The van der Waals surface area contributed by atoms with Gasteiger partial charge in [-0.15, -0.1) is 6.42 Å². The lowest BCUT2D eigenvalue weighted by Crippen LogP contribution is -2.55. The molecule has 0 aromatic heterocycles. The number of terminal acetylenes is 1. The van der Waals surface area contributed by atoms with Crippen LogP contribution in [-0.4, -0.2) is 41.0 Å². The molecule has 2 aromatic rings. The minimum atomic E-state index is -1.01. The lowest BCUT2D eigenvalue weighted by atomic mass is 9.95. The number of carbonyl (C=O) groups is 3. The van der Waals surface area contributed by atoms with Crippen molar-refractivity contribution in [1.82, 2.24) is 10.2 Å². The third-order valence-corrected chi connectivity index (χ3v) is 7.18. The number of amides is 3. The van der Waals surface area contributed by atoms with Gasteiger partial charge in [0, 0.05) is 12.1 Å². The van der Waals surface area contributed by atoms with Crippen LogP contribution in [0.4, 0.5) is 10.5 Å². The van der Waals surface area contributed by atoms with Crippen molar-refractivity contribution < 1.29 is 19.1 Å². The van der Waals surface area contributed by atoms with Crippen LogP contribution in [0.1, 0.15) is 90.0 Å². The number of carbonyl (C=O) groups excluding carboxylic acids is 3. The van der Waals surface area contributed by atoms with Gasteiger partial charge in [-0.2, -0.15) is 0 Å². The zero-order valence-electron chi connectivity index (χ0n) is 25.3. The third-order valence-electron chi connectivity index (χ3n) is 6.86. The first-order valence-electron chi connectivity index (χ1n) is 14.2. The highest BCUT2D eigenvalue weighted by molar-refractivity contribution is 6.34. The van der Waals surface area contributed by atoms with E-state index in [0.29, 0.717) is 41.2 Å². The van der Waals surface area contributed by atoms with Crippen molar-refractivity contribution in [1.29, 1.82) is 0 Å². The Morgan fingerprint density at radius 1 is 1.07 bits per heavy atom. The van der Waals surface area contributed by atoms with Crippen LogP contribution in [0.3, 0.4) is 0 Å². The Morgan fingerprint density at radius 3 is 2.27 bits per heavy atom. The van der Waals surface area contributed by atoms with Crippen LogP contribution < -0.4 is 10.6 Å². The number of alkyl carbamates (subject to hydrolysis) is 1. The predicted molar refractivity (Wildman–Crippen MR) is 166 cm³/mol. The normalized spacial score (nSPS) is 13.3. The summed E-state index contributed by atoms with van der Waals surface area (Å²) in [4.78, 5) is 42.9. The molecule has 2 N–H and O–H groups in total. The number of nitrogens with one attached hydrogen (secondary N) is 2. The van der Waals surface area contributed by atoms with Gasteiger partial charge in [0.25, 0.3) is 5.91 Å². The molecule has 7 nitrogen and oxygen atoms in total. The molecule has 0 saturated carbocycles. The SMILES string of the molecule is C#Cc1ccc(C(C(=O)Nc2c(C)cccc2Cl)N(CCCCC)C(=O)C(NC(=O)OC(C)(C)C)C(C)CC)cc1. The van der Waals surface area contributed by atoms with Gasteiger partial charge in [0.15, 0.2) is 0 Å². The molecule has 0 aliphatic carbocycles. The second-order valence-corrected chi connectivity index (χ2v) is 11.7. The Hall–Kier alpha value is -3.50. The summed E-state index contributed by atoms with van der Waals surface area (Å²) in [5.41, 5.74) is 1.79. The summed E-state index contributed by atoms with van der Waals surface area (Å²) in [7, 11) is 0. The van der Waals surface area contributed by atoms with Crippen molar-refractivity contribution in [2.24, 2.45) is 5.92 Å². The number of hydrogen-bond acceptors (Lipinski definition) is 4. The van der Waals surface area contributed by atoms with E-state index in [2.05, 4.69) is 23.5 Å². The Kier molecular flexibility index (Phi) is 12.7. The highest BCUT2D eigenvalue weighted by atomic mass is 35.5. The molecule has 41 heavy (non-hydrogen) atoms. The maximum atomic E-state index is 14.4. The maximum absolute atomic E-state index is 14.4. The minimum Gasteiger partial charge on any atom is -0.444 e. The summed E-state index contributed by atoms with van der Waals surface area (Å²) in [6.07, 6.45) is 8.00. The van der Waals surface area contributed by atoms with Gasteiger partial charge in [0.1, 0.15) is 17.7 Å². The van der Waals surface area contributed by atoms with Crippen LogP contribution in [0.5, 0.6) is 0 Å². The van der Waals surface area contributed by atoms with Gasteiger partial charge in [-0.05, 0) is 69.4 Å². The summed E-state index contributed by atoms with van der Waals surface area (Å²) in [5.74, 6) is 1.59. The fourth-order valence-electron chi connectivity index (χ4n) is 4.41. The number of aryl methyl sites for hydroxylation is 1. The monoisotopic (exact) mass is 581 g/mol. The van der Waals surface area contributed by atoms with Crippen molar-refractivity contribution in [3.8, 4) is 12.3 Å².